The molecule has 2 heterocycles. The highest BCUT2D eigenvalue weighted by Crippen LogP contribution is 2.15. The number of methoxy groups -OCH3 is 1. The van der Waals surface area contributed by atoms with Crippen LogP contribution in [0.15, 0.2) is 34.1 Å². The van der Waals surface area contributed by atoms with Crippen LogP contribution in [0.2, 0.25) is 0 Å². The molecule has 0 radical (unpaired) electrons. The van der Waals surface area contributed by atoms with Gasteiger partial charge in [-0.25, -0.2) is 4.98 Å². The molecule has 5 heteroatoms. The number of pyridine rings is 1. The minimum absolute atomic E-state index is 0.0260. The number of nitrogens with one attached hydrogen (secondary N) is 1. The molecule has 0 bridgehead atoms. The van der Waals surface area contributed by atoms with Crippen LogP contribution in [0, 0.1) is 0 Å². The predicted molar refractivity (Wildman–Crippen MR) is 87.8 cm³/mol. The molecule has 0 aromatic carbocycles. The Labute approximate surface area is 127 Å². The normalized spacial score (nSPS) is 10.8. The number of ether oxygens (including phenoxy) is 1. The molecule has 0 aliphatic rings. The maximum atomic E-state index is 12.2. The maximum Gasteiger partial charge on any atom is 0.198 e. The lowest BCUT2D eigenvalue weighted by atomic mass is 10.1. The van der Waals surface area contributed by atoms with Gasteiger partial charge in [-0.1, -0.05) is 11.6 Å². The molecule has 0 saturated carbocycles. The molecule has 2 aromatic heterocycles. The second kappa shape index (κ2) is 7.04. The van der Waals surface area contributed by atoms with E-state index in [1.807, 2.05) is 37.5 Å². The molecule has 0 aliphatic heterocycles. The zero-order valence-corrected chi connectivity index (χ0v) is 13.2. The lowest BCUT2D eigenvalue weighted by Gasteiger charge is -2.07. The lowest BCUT2D eigenvalue weighted by Crippen LogP contribution is -2.12. The van der Waals surface area contributed by atoms with Gasteiger partial charge in [0.15, 0.2) is 11.3 Å². The summed E-state index contributed by atoms with van der Waals surface area (Å²) < 4.78 is 5.30. The number of hydrogen-bond acceptors (Lipinski definition) is 4. The molecule has 0 unspecified atom stereocenters. The lowest BCUT2D eigenvalue weighted by molar-refractivity contribution is 0.392. The van der Waals surface area contributed by atoms with Crippen LogP contribution in [-0.2, 0) is 6.42 Å². The van der Waals surface area contributed by atoms with E-state index in [-0.39, 0.29) is 5.43 Å². The number of H-pyrrole nitrogens is 1. The van der Waals surface area contributed by atoms with Crippen LogP contribution >= 0.6 is 11.3 Å². The fourth-order valence-electron chi connectivity index (χ4n) is 1.82. The summed E-state index contributed by atoms with van der Waals surface area (Å²) in [6.45, 7) is 4.01. The SMILES string of the molecule is COc1[nH]c(/C=C\c2nccs2)cc(=O)c1CC=C(C)C. The van der Waals surface area contributed by atoms with E-state index in [1.54, 1.807) is 30.7 Å². The predicted octanol–water partition coefficient (Wildman–Crippen LogP) is 3.52. The molecule has 1 N–H and O–H groups in total. The van der Waals surface area contributed by atoms with E-state index < -0.39 is 0 Å². The minimum Gasteiger partial charge on any atom is -0.482 e. The van der Waals surface area contributed by atoms with Gasteiger partial charge in [-0.15, -0.1) is 11.3 Å². The molecule has 21 heavy (non-hydrogen) atoms. The third-order valence-electron chi connectivity index (χ3n) is 2.89. The molecular weight excluding hydrogens is 284 g/mol. The van der Waals surface area contributed by atoms with Gasteiger partial charge in [0.25, 0.3) is 0 Å². The van der Waals surface area contributed by atoms with Crippen molar-refractivity contribution >= 4 is 23.5 Å². The van der Waals surface area contributed by atoms with Gasteiger partial charge in [0, 0.05) is 23.3 Å². The Morgan fingerprint density at radius 2 is 2.24 bits per heavy atom. The highest BCUT2D eigenvalue weighted by atomic mass is 32.1. The van der Waals surface area contributed by atoms with Gasteiger partial charge >= 0.3 is 0 Å². The van der Waals surface area contributed by atoms with E-state index in [0.29, 0.717) is 23.6 Å². The van der Waals surface area contributed by atoms with Gasteiger partial charge in [0.05, 0.1) is 12.7 Å². The number of hydrogen-bond donors (Lipinski definition) is 1. The first-order valence-corrected chi connectivity index (χ1v) is 7.49. The average Bonchev–Trinajstić information content (AvgIpc) is 2.96. The summed E-state index contributed by atoms with van der Waals surface area (Å²) in [6, 6.07) is 1.58. The Balaban J connectivity index is 2.32. The smallest absolute Gasteiger partial charge is 0.198 e. The minimum atomic E-state index is -0.0260. The largest absolute Gasteiger partial charge is 0.482 e. The molecule has 2 rings (SSSR count). The number of rotatable bonds is 5. The Bertz CT molecular complexity index is 708. The topological polar surface area (TPSA) is 55.0 Å². The monoisotopic (exact) mass is 302 g/mol. The van der Waals surface area contributed by atoms with Crippen LogP contribution in [0.25, 0.3) is 12.2 Å². The molecule has 0 saturated heterocycles. The average molecular weight is 302 g/mol. The van der Waals surface area contributed by atoms with Gasteiger partial charge in [-0.2, -0.15) is 0 Å². The second-order valence-corrected chi connectivity index (χ2v) is 5.72. The molecule has 0 amide bonds. The molecular formula is C16H18N2O2S. The summed E-state index contributed by atoms with van der Waals surface area (Å²) in [4.78, 5) is 19.5. The molecule has 0 fully saturated rings. The van der Waals surface area contributed by atoms with Crippen LogP contribution in [0.1, 0.15) is 30.1 Å². The maximum absolute atomic E-state index is 12.2. The highest BCUT2D eigenvalue weighted by Gasteiger charge is 2.08. The van der Waals surface area contributed by atoms with Crippen molar-refractivity contribution in [3.8, 4) is 5.88 Å². The number of aromatic nitrogens is 2. The first-order chi connectivity index (χ1) is 10.1. The molecule has 2 aromatic rings. The van der Waals surface area contributed by atoms with Crippen molar-refractivity contribution in [1.82, 2.24) is 9.97 Å². The van der Waals surface area contributed by atoms with Crippen molar-refractivity contribution in [1.29, 1.82) is 0 Å². The van der Waals surface area contributed by atoms with Crippen molar-refractivity contribution in [2.45, 2.75) is 20.3 Å². The van der Waals surface area contributed by atoms with Gasteiger partial charge < -0.3 is 9.72 Å². The van der Waals surface area contributed by atoms with Crippen molar-refractivity contribution in [3.63, 3.8) is 0 Å². The summed E-state index contributed by atoms with van der Waals surface area (Å²) in [6.07, 6.45) is 8.02. The summed E-state index contributed by atoms with van der Waals surface area (Å²) in [5.74, 6) is 0.513. The van der Waals surface area contributed by atoms with Gasteiger partial charge in [0.1, 0.15) is 5.01 Å². The van der Waals surface area contributed by atoms with Crippen LogP contribution in [0.5, 0.6) is 5.88 Å². The van der Waals surface area contributed by atoms with Gasteiger partial charge in [-0.3, -0.25) is 4.79 Å². The summed E-state index contributed by atoms with van der Waals surface area (Å²) in [7, 11) is 1.56. The zero-order chi connectivity index (χ0) is 15.2. The van der Waals surface area contributed by atoms with Gasteiger partial charge in [0.2, 0.25) is 0 Å². The standard InChI is InChI=1S/C16H18N2O2S/c1-11(2)4-6-13-14(19)10-12(18-16(13)20-3)5-7-15-17-8-9-21-15/h4-5,7-10H,6H2,1-3H3,(H,18,19)/b7-5-. The van der Waals surface area contributed by atoms with Crippen molar-refractivity contribution < 1.29 is 4.74 Å². The van der Waals surface area contributed by atoms with E-state index in [1.165, 1.54) is 5.57 Å². The first-order valence-electron chi connectivity index (χ1n) is 6.61. The Kier molecular flexibility index (Phi) is 5.11. The van der Waals surface area contributed by atoms with Crippen molar-refractivity contribution in [2.75, 3.05) is 7.11 Å². The molecule has 110 valence electrons. The van der Waals surface area contributed by atoms with Crippen LogP contribution in [0.4, 0.5) is 0 Å². The van der Waals surface area contributed by atoms with Crippen molar-refractivity contribution in [3.05, 3.63) is 55.8 Å². The third-order valence-corrected chi connectivity index (χ3v) is 3.63. The fourth-order valence-corrected chi connectivity index (χ4v) is 2.35. The first kappa shape index (κ1) is 15.3. The summed E-state index contributed by atoms with van der Waals surface area (Å²) in [5.41, 5.74) is 2.49. The summed E-state index contributed by atoms with van der Waals surface area (Å²) >= 11 is 1.54. The van der Waals surface area contributed by atoms with Gasteiger partial charge in [-0.05, 0) is 32.4 Å². The van der Waals surface area contributed by atoms with Crippen LogP contribution in [-0.4, -0.2) is 17.1 Å². The molecule has 0 aliphatic carbocycles. The molecule has 0 spiro atoms. The number of allylic oxidation sites excluding steroid dienone is 2. The third kappa shape index (κ3) is 4.16. The van der Waals surface area contributed by atoms with E-state index >= 15 is 0 Å². The number of aromatic amines is 1. The molecule has 4 nitrogen and oxygen atoms in total. The number of thiazole rings is 1. The van der Waals surface area contributed by atoms with Crippen LogP contribution in [0.3, 0.4) is 0 Å². The summed E-state index contributed by atoms with van der Waals surface area (Å²) in [5, 5.41) is 2.80. The zero-order valence-electron chi connectivity index (χ0n) is 12.3. The van der Waals surface area contributed by atoms with E-state index in [9.17, 15) is 4.79 Å². The van der Waals surface area contributed by atoms with E-state index in [4.69, 9.17) is 4.74 Å². The second-order valence-electron chi connectivity index (χ2n) is 4.79. The van der Waals surface area contributed by atoms with E-state index in [2.05, 4.69) is 9.97 Å². The fraction of sp³-hybridized carbons (Fsp3) is 0.250. The Morgan fingerprint density at radius 1 is 1.43 bits per heavy atom. The quantitative estimate of drug-likeness (QED) is 0.860. The van der Waals surface area contributed by atoms with Crippen molar-refractivity contribution in [2.24, 2.45) is 0 Å². The van der Waals surface area contributed by atoms with Crippen LogP contribution < -0.4 is 10.2 Å². The molecule has 0 atom stereocenters. The number of nitrogens with zero attached hydrogens (tertiary/aromatic N) is 1. The highest BCUT2D eigenvalue weighted by molar-refractivity contribution is 7.10. The Hall–Kier alpha value is -2.14. The van der Waals surface area contributed by atoms with E-state index in [0.717, 1.165) is 5.01 Å². The Morgan fingerprint density at radius 3 is 2.86 bits per heavy atom.